The van der Waals surface area contributed by atoms with Crippen molar-refractivity contribution in [2.75, 3.05) is 0 Å². The van der Waals surface area contributed by atoms with E-state index in [4.69, 9.17) is 4.74 Å². The second-order valence-electron chi connectivity index (χ2n) is 6.54. The lowest BCUT2D eigenvalue weighted by Crippen LogP contribution is -2.29. The zero-order valence-electron chi connectivity index (χ0n) is 16.5. The van der Waals surface area contributed by atoms with Gasteiger partial charge in [-0.15, -0.1) is 0 Å². The lowest BCUT2D eigenvalue weighted by molar-refractivity contribution is -0.129. The molecule has 152 valence electrons. The van der Waals surface area contributed by atoms with Gasteiger partial charge in [0.15, 0.2) is 0 Å². The number of para-hydroxylation sites is 1. The van der Waals surface area contributed by atoms with Crippen LogP contribution < -0.4 is 15.5 Å². The van der Waals surface area contributed by atoms with E-state index in [-0.39, 0.29) is 12.3 Å². The number of ether oxygens (including phenoxy) is 1. The number of carbonyl (C=O) groups is 2. The fourth-order valence-electron chi connectivity index (χ4n) is 2.67. The number of amides is 2. The SMILES string of the molecule is O=C(CC(=O)N/N=C/c1ccccc1OCc1ccccc1)NCc1ccccc1. The topological polar surface area (TPSA) is 79.8 Å². The molecule has 0 unspecified atom stereocenters. The van der Waals surface area contributed by atoms with Crippen LogP contribution in [0.5, 0.6) is 5.75 Å². The van der Waals surface area contributed by atoms with Crippen LogP contribution in [0.4, 0.5) is 0 Å². The predicted molar refractivity (Wildman–Crippen MR) is 116 cm³/mol. The molecule has 0 atom stereocenters. The van der Waals surface area contributed by atoms with Crippen molar-refractivity contribution in [3.63, 3.8) is 0 Å². The minimum atomic E-state index is -0.487. The van der Waals surface area contributed by atoms with Crippen molar-refractivity contribution in [1.29, 1.82) is 0 Å². The van der Waals surface area contributed by atoms with Crippen molar-refractivity contribution >= 4 is 18.0 Å². The summed E-state index contributed by atoms with van der Waals surface area (Å²) in [6.45, 7) is 0.808. The zero-order valence-corrected chi connectivity index (χ0v) is 16.5. The fourth-order valence-corrected chi connectivity index (χ4v) is 2.67. The first kappa shape index (κ1) is 20.8. The molecule has 2 N–H and O–H groups in total. The molecular formula is C24H23N3O3. The molecular weight excluding hydrogens is 378 g/mol. The first-order valence-corrected chi connectivity index (χ1v) is 9.59. The third-order valence-corrected chi connectivity index (χ3v) is 4.20. The van der Waals surface area contributed by atoms with Crippen LogP contribution in [-0.4, -0.2) is 18.0 Å². The Morgan fingerprint density at radius 3 is 2.17 bits per heavy atom. The highest BCUT2D eigenvalue weighted by Crippen LogP contribution is 2.17. The van der Waals surface area contributed by atoms with Crippen LogP contribution in [0.25, 0.3) is 0 Å². The van der Waals surface area contributed by atoms with Gasteiger partial charge in [-0.1, -0.05) is 72.8 Å². The average molecular weight is 401 g/mol. The number of hydrogen-bond acceptors (Lipinski definition) is 4. The van der Waals surface area contributed by atoms with Crippen LogP contribution in [-0.2, 0) is 22.7 Å². The molecule has 0 saturated carbocycles. The molecule has 0 heterocycles. The smallest absolute Gasteiger partial charge is 0.249 e. The molecule has 6 nitrogen and oxygen atoms in total. The first-order chi connectivity index (χ1) is 14.7. The maximum Gasteiger partial charge on any atom is 0.249 e. The second-order valence-corrected chi connectivity index (χ2v) is 6.54. The number of nitrogens with one attached hydrogen (secondary N) is 2. The van der Waals surface area contributed by atoms with Crippen molar-refractivity contribution in [2.24, 2.45) is 5.10 Å². The molecule has 0 aliphatic rings. The van der Waals surface area contributed by atoms with Crippen LogP contribution >= 0.6 is 0 Å². The molecule has 0 aromatic heterocycles. The second kappa shape index (κ2) is 11.2. The summed E-state index contributed by atoms with van der Waals surface area (Å²) < 4.78 is 5.85. The van der Waals surface area contributed by atoms with Gasteiger partial charge in [0.25, 0.3) is 0 Å². The highest BCUT2D eigenvalue weighted by atomic mass is 16.5. The van der Waals surface area contributed by atoms with Crippen LogP contribution in [0.15, 0.2) is 90.0 Å². The van der Waals surface area contributed by atoms with E-state index in [1.54, 1.807) is 0 Å². The number of rotatable bonds is 9. The van der Waals surface area contributed by atoms with Crippen molar-refractivity contribution < 1.29 is 14.3 Å². The van der Waals surface area contributed by atoms with Crippen molar-refractivity contribution in [3.8, 4) is 5.75 Å². The van der Waals surface area contributed by atoms with Crippen LogP contribution in [0.1, 0.15) is 23.1 Å². The highest BCUT2D eigenvalue weighted by Gasteiger charge is 2.08. The monoisotopic (exact) mass is 401 g/mol. The van der Waals surface area contributed by atoms with E-state index in [0.717, 1.165) is 16.7 Å². The molecule has 0 aliphatic heterocycles. The van der Waals surface area contributed by atoms with Crippen molar-refractivity contribution in [1.82, 2.24) is 10.7 Å². The summed E-state index contributed by atoms with van der Waals surface area (Å²) in [7, 11) is 0. The molecule has 3 aromatic carbocycles. The minimum Gasteiger partial charge on any atom is -0.488 e. The molecule has 0 bridgehead atoms. The highest BCUT2D eigenvalue weighted by molar-refractivity contribution is 5.97. The van der Waals surface area contributed by atoms with Crippen molar-refractivity contribution in [2.45, 2.75) is 19.6 Å². The summed E-state index contributed by atoms with van der Waals surface area (Å²) in [6, 6.07) is 26.7. The Balaban J connectivity index is 1.46. The minimum absolute atomic E-state index is 0.295. The molecule has 2 amide bonds. The van der Waals surface area contributed by atoms with Gasteiger partial charge >= 0.3 is 0 Å². The third-order valence-electron chi connectivity index (χ3n) is 4.20. The Labute approximate surface area is 175 Å². The molecule has 3 aromatic rings. The first-order valence-electron chi connectivity index (χ1n) is 9.59. The molecule has 6 heteroatoms. The van der Waals surface area contributed by atoms with Gasteiger partial charge in [-0.25, -0.2) is 5.43 Å². The quantitative estimate of drug-likeness (QED) is 0.328. The Morgan fingerprint density at radius 2 is 1.43 bits per heavy atom. The number of hydrogen-bond donors (Lipinski definition) is 2. The molecule has 30 heavy (non-hydrogen) atoms. The lowest BCUT2D eigenvalue weighted by Gasteiger charge is -2.09. The summed E-state index contributed by atoms with van der Waals surface area (Å²) in [5.41, 5.74) is 5.12. The van der Waals surface area contributed by atoms with Gasteiger partial charge in [0.1, 0.15) is 18.8 Å². The Hall–Kier alpha value is -3.93. The van der Waals surface area contributed by atoms with Gasteiger partial charge in [0, 0.05) is 12.1 Å². The zero-order chi connectivity index (χ0) is 21.0. The maximum absolute atomic E-state index is 11.9. The largest absolute Gasteiger partial charge is 0.488 e. The van der Waals surface area contributed by atoms with Crippen LogP contribution in [0.3, 0.4) is 0 Å². The van der Waals surface area contributed by atoms with Gasteiger partial charge in [-0.05, 0) is 23.3 Å². The van der Waals surface area contributed by atoms with E-state index < -0.39 is 5.91 Å². The van der Waals surface area contributed by atoms with E-state index in [0.29, 0.717) is 18.9 Å². The Morgan fingerprint density at radius 1 is 0.800 bits per heavy atom. The Kier molecular flexibility index (Phi) is 7.74. The molecule has 0 fully saturated rings. The number of hydrazone groups is 1. The molecule has 0 saturated heterocycles. The number of carbonyl (C=O) groups excluding carboxylic acids is 2. The van der Waals surface area contributed by atoms with Crippen LogP contribution in [0.2, 0.25) is 0 Å². The third kappa shape index (κ3) is 6.91. The molecule has 0 spiro atoms. The summed E-state index contributed by atoms with van der Waals surface area (Å²) in [5.74, 6) is -0.197. The van der Waals surface area contributed by atoms with E-state index in [2.05, 4.69) is 15.8 Å². The van der Waals surface area contributed by atoms with Gasteiger partial charge in [0.05, 0.1) is 6.21 Å². The molecule has 3 rings (SSSR count). The summed E-state index contributed by atoms with van der Waals surface area (Å²) in [4.78, 5) is 23.8. The van der Waals surface area contributed by atoms with Gasteiger partial charge in [-0.2, -0.15) is 5.10 Å². The summed E-state index contributed by atoms with van der Waals surface area (Å²) >= 11 is 0. The van der Waals surface area contributed by atoms with E-state index in [1.807, 2.05) is 84.9 Å². The predicted octanol–water partition coefficient (Wildman–Crippen LogP) is 3.42. The summed E-state index contributed by atoms with van der Waals surface area (Å²) in [6.07, 6.45) is 1.20. The fraction of sp³-hybridized carbons (Fsp3) is 0.125. The van der Waals surface area contributed by atoms with Crippen molar-refractivity contribution in [3.05, 3.63) is 102 Å². The Bertz CT molecular complexity index is 989. The normalized spacial score (nSPS) is 10.5. The standard InChI is InChI=1S/C24H23N3O3/c28-23(25-16-19-9-3-1-4-10-19)15-24(29)27-26-17-21-13-7-8-14-22(21)30-18-20-11-5-2-6-12-20/h1-14,17H,15-16,18H2,(H,25,28)(H,27,29)/b26-17+. The molecule has 0 aliphatic carbocycles. The maximum atomic E-state index is 11.9. The van der Waals surface area contributed by atoms with Gasteiger partial charge in [0.2, 0.25) is 11.8 Å². The summed E-state index contributed by atoms with van der Waals surface area (Å²) in [5, 5.41) is 6.65. The molecule has 0 radical (unpaired) electrons. The van der Waals surface area contributed by atoms with Gasteiger partial charge < -0.3 is 10.1 Å². The van der Waals surface area contributed by atoms with Gasteiger partial charge in [-0.3, -0.25) is 9.59 Å². The number of benzene rings is 3. The lowest BCUT2D eigenvalue weighted by atomic mass is 10.2. The van der Waals surface area contributed by atoms with E-state index in [9.17, 15) is 9.59 Å². The van der Waals surface area contributed by atoms with E-state index in [1.165, 1.54) is 6.21 Å². The van der Waals surface area contributed by atoms with Crippen LogP contribution in [0, 0.1) is 0 Å². The van der Waals surface area contributed by atoms with E-state index >= 15 is 0 Å². The number of nitrogens with zero attached hydrogens (tertiary/aromatic N) is 1. The average Bonchev–Trinajstić information content (AvgIpc) is 2.78.